The molecule has 29 heavy (non-hydrogen) atoms. The Balaban J connectivity index is 1.46. The van der Waals surface area contributed by atoms with Gasteiger partial charge in [0.1, 0.15) is 0 Å². The number of rotatable bonds is 7. The molecule has 0 bridgehead atoms. The number of benzene rings is 1. The molecule has 9 heteroatoms. The lowest BCUT2D eigenvalue weighted by molar-refractivity contribution is 0.0946. The standard InChI is InChI=1S/C20H26ClN5O2S/c1-14(26-11-4-2-3-5-12-26)9-10-22-17(27)19-24-25-20(29-19)18(28)23-16-8-6-7-15(21)13-16/h6-8,13-14H,2-5,9-12H2,1H3,(H,22,27)(H,23,28)/t14-/m0/s1. The number of halogens is 1. The number of carbonyl (C=O) groups excluding carboxylic acids is 2. The minimum Gasteiger partial charge on any atom is -0.350 e. The van der Waals surface area contributed by atoms with Crippen molar-refractivity contribution >= 4 is 40.4 Å². The van der Waals surface area contributed by atoms with E-state index in [2.05, 4.69) is 32.7 Å². The van der Waals surface area contributed by atoms with Crippen LogP contribution >= 0.6 is 22.9 Å². The Hall–Kier alpha value is -2.03. The molecule has 156 valence electrons. The second kappa shape index (κ2) is 10.7. The van der Waals surface area contributed by atoms with Crippen molar-refractivity contribution in [3.05, 3.63) is 39.3 Å². The number of nitrogens with zero attached hydrogens (tertiary/aromatic N) is 3. The van der Waals surface area contributed by atoms with Gasteiger partial charge in [0.15, 0.2) is 0 Å². The fourth-order valence-corrected chi connectivity index (χ4v) is 4.19. The van der Waals surface area contributed by atoms with Gasteiger partial charge in [-0.2, -0.15) is 0 Å². The summed E-state index contributed by atoms with van der Waals surface area (Å²) in [4.78, 5) is 27.1. The van der Waals surface area contributed by atoms with Crippen molar-refractivity contribution in [2.24, 2.45) is 0 Å². The first kappa shape index (κ1) is 21.7. The number of hydrogen-bond acceptors (Lipinski definition) is 6. The monoisotopic (exact) mass is 435 g/mol. The van der Waals surface area contributed by atoms with Crippen LogP contribution in [0.1, 0.15) is 58.6 Å². The third kappa shape index (κ3) is 6.48. The van der Waals surface area contributed by atoms with Crippen LogP contribution in [0.15, 0.2) is 24.3 Å². The smallest absolute Gasteiger partial charge is 0.286 e. The number of amides is 2. The average molecular weight is 436 g/mol. The lowest BCUT2D eigenvalue weighted by Crippen LogP contribution is -2.37. The normalized spacial score (nSPS) is 16.1. The first-order valence-corrected chi connectivity index (χ1v) is 11.1. The maximum atomic E-state index is 12.3. The topological polar surface area (TPSA) is 87.2 Å². The number of anilines is 1. The molecular formula is C20H26ClN5O2S. The molecule has 2 aromatic rings. The summed E-state index contributed by atoms with van der Waals surface area (Å²) >= 11 is 6.89. The van der Waals surface area contributed by atoms with Crippen LogP contribution in [-0.4, -0.2) is 52.6 Å². The number of aromatic nitrogens is 2. The maximum Gasteiger partial charge on any atom is 0.286 e. The summed E-state index contributed by atoms with van der Waals surface area (Å²) in [7, 11) is 0. The quantitative estimate of drug-likeness (QED) is 0.690. The summed E-state index contributed by atoms with van der Waals surface area (Å²) in [6, 6.07) is 7.26. The first-order valence-electron chi connectivity index (χ1n) is 9.95. The zero-order valence-corrected chi connectivity index (χ0v) is 18.1. The molecule has 1 aromatic heterocycles. The fourth-order valence-electron chi connectivity index (χ4n) is 3.35. The highest BCUT2D eigenvalue weighted by atomic mass is 35.5. The highest BCUT2D eigenvalue weighted by Gasteiger charge is 2.19. The summed E-state index contributed by atoms with van der Waals surface area (Å²) in [5.74, 6) is -0.717. The number of hydrogen-bond donors (Lipinski definition) is 2. The van der Waals surface area contributed by atoms with Crippen molar-refractivity contribution in [1.82, 2.24) is 20.4 Å². The Morgan fingerprint density at radius 1 is 1.14 bits per heavy atom. The van der Waals surface area contributed by atoms with Gasteiger partial charge in [0.25, 0.3) is 11.8 Å². The Kier molecular flexibility index (Phi) is 7.97. The Morgan fingerprint density at radius 2 is 1.83 bits per heavy atom. The zero-order valence-electron chi connectivity index (χ0n) is 16.5. The maximum absolute atomic E-state index is 12.3. The molecule has 1 aliphatic heterocycles. The predicted octanol–water partition coefficient (Wildman–Crippen LogP) is 3.83. The summed E-state index contributed by atoms with van der Waals surface area (Å²) in [6.45, 7) is 5.05. The van der Waals surface area contributed by atoms with Crippen LogP contribution in [0.5, 0.6) is 0 Å². The highest BCUT2D eigenvalue weighted by molar-refractivity contribution is 7.15. The fraction of sp³-hybridized carbons (Fsp3) is 0.500. The van der Waals surface area contributed by atoms with Gasteiger partial charge in [-0.05, 0) is 57.5 Å². The van der Waals surface area contributed by atoms with E-state index in [0.717, 1.165) is 30.8 Å². The van der Waals surface area contributed by atoms with Crippen molar-refractivity contribution in [1.29, 1.82) is 0 Å². The minimum atomic E-state index is -0.418. The van der Waals surface area contributed by atoms with Gasteiger partial charge in [0.2, 0.25) is 10.0 Å². The van der Waals surface area contributed by atoms with E-state index < -0.39 is 5.91 Å². The minimum absolute atomic E-state index is 0.132. The number of nitrogens with one attached hydrogen (secondary N) is 2. The van der Waals surface area contributed by atoms with Gasteiger partial charge in [-0.1, -0.05) is 41.8 Å². The SMILES string of the molecule is C[C@@H](CCNC(=O)c1nnc(C(=O)Nc2cccc(Cl)c2)s1)N1CCCCCC1. The Bertz CT molecular complexity index is 836. The largest absolute Gasteiger partial charge is 0.350 e. The van der Waals surface area contributed by atoms with Gasteiger partial charge in [0, 0.05) is 23.3 Å². The predicted molar refractivity (Wildman–Crippen MR) is 116 cm³/mol. The molecule has 2 N–H and O–H groups in total. The average Bonchev–Trinajstić information content (AvgIpc) is 3.04. The number of likely N-dealkylation sites (tertiary alicyclic amines) is 1. The van der Waals surface area contributed by atoms with E-state index >= 15 is 0 Å². The van der Waals surface area contributed by atoms with E-state index in [1.807, 2.05) is 0 Å². The van der Waals surface area contributed by atoms with Gasteiger partial charge in [0.05, 0.1) is 0 Å². The highest BCUT2D eigenvalue weighted by Crippen LogP contribution is 2.17. The van der Waals surface area contributed by atoms with Crippen molar-refractivity contribution < 1.29 is 9.59 Å². The van der Waals surface area contributed by atoms with E-state index in [1.54, 1.807) is 24.3 Å². The van der Waals surface area contributed by atoms with Gasteiger partial charge in [-0.15, -0.1) is 10.2 Å². The Morgan fingerprint density at radius 3 is 2.52 bits per heavy atom. The summed E-state index contributed by atoms with van der Waals surface area (Å²) < 4.78 is 0. The molecule has 0 saturated carbocycles. The molecule has 1 saturated heterocycles. The van der Waals surface area contributed by atoms with Crippen LogP contribution in [0, 0.1) is 0 Å². The summed E-state index contributed by atoms with van der Waals surface area (Å²) in [5, 5.41) is 14.1. The molecule has 1 aromatic carbocycles. The molecule has 0 aliphatic carbocycles. The van der Waals surface area contributed by atoms with E-state index in [1.165, 1.54) is 25.7 Å². The molecule has 3 rings (SSSR count). The van der Waals surface area contributed by atoms with Gasteiger partial charge in [-0.3, -0.25) is 9.59 Å². The first-order chi connectivity index (χ1) is 14.0. The zero-order chi connectivity index (χ0) is 20.6. The van der Waals surface area contributed by atoms with Crippen molar-refractivity contribution in [2.75, 3.05) is 25.0 Å². The van der Waals surface area contributed by atoms with Crippen LogP contribution in [0.2, 0.25) is 5.02 Å². The van der Waals surface area contributed by atoms with Gasteiger partial charge in [-0.25, -0.2) is 0 Å². The summed E-state index contributed by atoms with van der Waals surface area (Å²) in [5.41, 5.74) is 0.561. The van der Waals surface area contributed by atoms with E-state index in [4.69, 9.17) is 11.6 Å². The summed E-state index contributed by atoms with van der Waals surface area (Å²) in [6.07, 6.45) is 6.00. The molecule has 1 atom stereocenters. The third-order valence-electron chi connectivity index (χ3n) is 5.01. The molecule has 2 amide bonds. The van der Waals surface area contributed by atoms with Gasteiger partial charge < -0.3 is 15.5 Å². The Labute approximate surface area is 179 Å². The lowest BCUT2D eigenvalue weighted by Gasteiger charge is -2.27. The van der Waals surface area contributed by atoms with E-state index in [9.17, 15) is 9.59 Å². The molecule has 0 unspecified atom stereocenters. The van der Waals surface area contributed by atoms with Crippen molar-refractivity contribution in [3.8, 4) is 0 Å². The molecular weight excluding hydrogens is 410 g/mol. The van der Waals surface area contributed by atoms with Crippen LogP contribution in [0.25, 0.3) is 0 Å². The lowest BCUT2D eigenvalue weighted by atomic mass is 10.2. The second-order valence-electron chi connectivity index (χ2n) is 7.22. The van der Waals surface area contributed by atoms with Crippen LogP contribution in [0.3, 0.4) is 0 Å². The van der Waals surface area contributed by atoms with E-state index in [0.29, 0.717) is 23.3 Å². The van der Waals surface area contributed by atoms with Gasteiger partial charge >= 0.3 is 0 Å². The van der Waals surface area contributed by atoms with Crippen LogP contribution in [-0.2, 0) is 0 Å². The van der Waals surface area contributed by atoms with Crippen LogP contribution < -0.4 is 10.6 Å². The molecule has 0 radical (unpaired) electrons. The third-order valence-corrected chi connectivity index (χ3v) is 6.16. The van der Waals surface area contributed by atoms with Crippen molar-refractivity contribution in [2.45, 2.75) is 45.1 Å². The molecule has 1 aliphatic rings. The second-order valence-corrected chi connectivity index (χ2v) is 8.63. The van der Waals surface area contributed by atoms with E-state index in [-0.39, 0.29) is 15.9 Å². The van der Waals surface area contributed by atoms with Crippen LogP contribution in [0.4, 0.5) is 5.69 Å². The molecule has 7 nitrogen and oxygen atoms in total. The molecule has 0 spiro atoms. The van der Waals surface area contributed by atoms with Crippen molar-refractivity contribution in [3.63, 3.8) is 0 Å². The molecule has 1 fully saturated rings. The number of carbonyl (C=O) groups is 2. The molecule has 2 heterocycles.